The number of hydrogen-bond donors (Lipinski definition) is 0. The smallest absolute Gasteiger partial charge is 0.181 e. The van der Waals surface area contributed by atoms with Crippen molar-refractivity contribution >= 4 is 17.1 Å². The van der Waals surface area contributed by atoms with Gasteiger partial charge in [0.2, 0.25) is 0 Å². The molecule has 1 heterocycles. The highest BCUT2D eigenvalue weighted by Gasteiger charge is 2.34. The first-order valence-electron chi connectivity index (χ1n) is 5.87. The molecule has 3 nitrogen and oxygen atoms in total. The Bertz CT molecular complexity index is 514. The molecule has 0 fully saturated rings. The van der Waals surface area contributed by atoms with Crippen LogP contribution in [0.5, 0.6) is 5.75 Å². The summed E-state index contributed by atoms with van der Waals surface area (Å²) in [6.45, 7) is 4.92. The van der Waals surface area contributed by atoms with Crippen LogP contribution in [0.3, 0.4) is 0 Å². The van der Waals surface area contributed by atoms with Gasteiger partial charge in [-0.25, -0.2) is 8.78 Å². The predicted octanol–water partition coefficient (Wildman–Crippen LogP) is 2.81. The van der Waals surface area contributed by atoms with Gasteiger partial charge in [0, 0.05) is 5.56 Å². The summed E-state index contributed by atoms with van der Waals surface area (Å²) in [6, 6.07) is 4.20. The Labute approximate surface area is 114 Å². The van der Waals surface area contributed by atoms with E-state index in [0.29, 0.717) is 0 Å². The van der Waals surface area contributed by atoms with Gasteiger partial charge in [0.25, 0.3) is 0 Å². The molecule has 0 saturated carbocycles. The summed E-state index contributed by atoms with van der Waals surface area (Å²) in [7, 11) is 0. The van der Waals surface area contributed by atoms with Gasteiger partial charge in [-0.1, -0.05) is 10.5 Å². The number of benzene rings is 1. The van der Waals surface area contributed by atoms with Crippen LogP contribution in [0.2, 0.25) is 0 Å². The second kappa shape index (κ2) is 5.09. The van der Waals surface area contributed by atoms with E-state index >= 15 is 0 Å². The molecule has 0 N–H and O–H groups in total. The summed E-state index contributed by atoms with van der Waals surface area (Å²) < 4.78 is 47.8. The van der Waals surface area contributed by atoms with Crippen LogP contribution in [0, 0.1) is 5.82 Å². The maximum atomic E-state index is 13.9. The van der Waals surface area contributed by atoms with Crippen LogP contribution in [-0.4, -0.2) is 27.8 Å². The molecule has 1 aliphatic heterocycles. The minimum Gasteiger partial charge on any atom is -0.591 e. The fourth-order valence-corrected chi connectivity index (χ4v) is 2.26. The zero-order chi connectivity index (χ0) is 14.2. The molecule has 0 saturated heterocycles. The SMILES string of the molecule is CC(C)(C)[S+]([O-])N=C1c2cccc(F)c2OC[C@@H]1F. The van der Waals surface area contributed by atoms with Crippen molar-refractivity contribution < 1.29 is 18.1 Å². The quantitative estimate of drug-likeness (QED) is 0.746. The lowest BCUT2D eigenvalue weighted by Crippen LogP contribution is -2.34. The van der Waals surface area contributed by atoms with E-state index in [-0.39, 0.29) is 23.6 Å². The molecule has 1 unspecified atom stereocenters. The van der Waals surface area contributed by atoms with E-state index in [1.54, 1.807) is 20.8 Å². The standard InChI is InChI=1S/C13H15F2NO2S/c1-13(2,3)19(17)16-11-8-5-4-6-9(14)12(8)18-7-10(11)15/h4-6,10H,7H2,1-3H3/t10-,19?/m0/s1. The third-order valence-corrected chi connectivity index (χ3v) is 4.03. The van der Waals surface area contributed by atoms with Crippen LogP contribution in [-0.2, 0) is 11.4 Å². The van der Waals surface area contributed by atoms with E-state index in [4.69, 9.17) is 4.74 Å². The monoisotopic (exact) mass is 287 g/mol. The van der Waals surface area contributed by atoms with Gasteiger partial charge in [-0.2, -0.15) is 0 Å². The zero-order valence-electron chi connectivity index (χ0n) is 10.9. The first-order valence-corrected chi connectivity index (χ1v) is 6.97. The molecule has 0 aromatic heterocycles. The summed E-state index contributed by atoms with van der Waals surface area (Å²) in [6.07, 6.45) is -1.50. The molecule has 1 aromatic carbocycles. The third kappa shape index (κ3) is 2.90. The van der Waals surface area contributed by atoms with Gasteiger partial charge in [0.15, 0.2) is 17.7 Å². The maximum absolute atomic E-state index is 13.9. The fraction of sp³-hybridized carbons (Fsp3) is 0.462. The molecule has 0 amide bonds. The topological polar surface area (TPSA) is 44.7 Å². The molecule has 0 radical (unpaired) electrons. The molecule has 6 heteroatoms. The Hall–Kier alpha value is -1.14. The van der Waals surface area contributed by atoms with Crippen LogP contribution < -0.4 is 4.74 Å². The predicted molar refractivity (Wildman–Crippen MR) is 71.2 cm³/mol. The van der Waals surface area contributed by atoms with Crippen molar-refractivity contribution in [2.75, 3.05) is 6.61 Å². The Balaban J connectivity index is 2.47. The number of ether oxygens (including phenoxy) is 1. The van der Waals surface area contributed by atoms with Crippen molar-refractivity contribution in [1.29, 1.82) is 0 Å². The molecule has 2 atom stereocenters. The molecule has 0 spiro atoms. The molecule has 19 heavy (non-hydrogen) atoms. The van der Waals surface area contributed by atoms with Crippen molar-refractivity contribution in [2.45, 2.75) is 31.7 Å². The minimum absolute atomic E-state index is 0.00555. The lowest BCUT2D eigenvalue weighted by atomic mass is 10.0. The van der Waals surface area contributed by atoms with Gasteiger partial charge < -0.3 is 9.29 Å². The van der Waals surface area contributed by atoms with E-state index in [1.165, 1.54) is 18.2 Å². The van der Waals surface area contributed by atoms with E-state index in [2.05, 4.69) is 4.40 Å². The Morgan fingerprint density at radius 3 is 2.74 bits per heavy atom. The van der Waals surface area contributed by atoms with Gasteiger partial charge >= 0.3 is 0 Å². The number of alkyl halides is 1. The third-order valence-electron chi connectivity index (χ3n) is 2.62. The van der Waals surface area contributed by atoms with Crippen molar-refractivity contribution in [3.63, 3.8) is 0 Å². The molecule has 1 aromatic rings. The van der Waals surface area contributed by atoms with Gasteiger partial charge in [0.1, 0.15) is 28.4 Å². The van der Waals surface area contributed by atoms with E-state index < -0.39 is 28.1 Å². The highest BCUT2D eigenvalue weighted by Crippen LogP contribution is 2.30. The van der Waals surface area contributed by atoms with Crippen molar-refractivity contribution in [3.05, 3.63) is 29.6 Å². The van der Waals surface area contributed by atoms with Crippen LogP contribution in [0.25, 0.3) is 0 Å². The summed E-state index contributed by atoms with van der Waals surface area (Å²) >= 11 is -1.60. The van der Waals surface area contributed by atoms with E-state index in [0.717, 1.165) is 0 Å². The molecular weight excluding hydrogens is 272 g/mol. The highest BCUT2D eigenvalue weighted by atomic mass is 32.2. The van der Waals surface area contributed by atoms with Crippen molar-refractivity contribution in [2.24, 2.45) is 4.40 Å². The van der Waals surface area contributed by atoms with E-state index in [9.17, 15) is 13.3 Å². The van der Waals surface area contributed by atoms with Crippen LogP contribution in [0.1, 0.15) is 26.3 Å². The molecule has 0 bridgehead atoms. The number of hydrogen-bond acceptors (Lipinski definition) is 3. The average molecular weight is 287 g/mol. The number of fused-ring (bicyclic) bond motifs is 1. The molecular formula is C13H15F2NO2S. The van der Waals surface area contributed by atoms with Gasteiger partial charge in [0.05, 0.1) is 0 Å². The molecule has 2 rings (SSSR count). The van der Waals surface area contributed by atoms with Gasteiger partial charge in [-0.05, 0) is 32.9 Å². The first kappa shape index (κ1) is 14.3. The first-order chi connectivity index (χ1) is 8.80. The summed E-state index contributed by atoms with van der Waals surface area (Å²) in [5.74, 6) is -0.597. The Morgan fingerprint density at radius 2 is 2.11 bits per heavy atom. The summed E-state index contributed by atoms with van der Waals surface area (Å²) in [5, 5.41) is 0. The van der Waals surface area contributed by atoms with Crippen molar-refractivity contribution in [1.82, 2.24) is 0 Å². The highest BCUT2D eigenvalue weighted by molar-refractivity contribution is 7.91. The summed E-state index contributed by atoms with van der Waals surface area (Å²) in [5.41, 5.74) is 0.227. The lowest BCUT2D eigenvalue weighted by Gasteiger charge is -2.24. The molecule has 1 aliphatic rings. The minimum atomic E-state index is -1.60. The maximum Gasteiger partial charge on any atom is 0.181 e. The normalized spacial score (nSPS) is 22.8. The molecule has 0 aliphatic carbocycles. The van der Waals surface area contributed by atoms with E-state index in [1.807, 2.05) is 0 Å². The lowest BCUT2D eigenvalue weighted by molar-refractivity contribution is 0.222. The average Bonchev–Trinajstić information content (AvgIpc) is 2.31. The number of nitrogens with zero attached hydrogens (tertiary/aromatic N) is 1. The van der Waals surface area contributed by atoms with Crippen molar-refractivity contribution in [3.8, 4) is 5.75 Å². The molecule has 104 valence electrons. The van der Waals surface area contributed by atoms with Gasteiger partial charge in [-0.3, -0.25) is 0 Å². The number of halogens is 2. The van der Waals surface area contributed by atoms with Crippen LogP contribution in [0.15, 0.2) is 22.6 Å². The Kier molecular flexibility index (Phi) is 3.82. The largest absolute Gasteiger partial charge is 0.591 e. The fourth-order valence-electron chi connectivity index (χ4n) is 1.59. The van der Waals surface area contributed by atoms with Crippen LogP contribution >= 0.6 is 0 Å². The number of para-hydroxylation sites is 1. The zero-order valence-corrected chi connectivity index (χ0v) is 11.8. The van der Waals surface area contributed by atoms with Crippen LogP contribution in [0.4, 0.5) is 8.78 Å². The second-order valence-corrected chi connectivity index (χ2v) is 7.14. The summed E-state index contributed by atoms with van der Waals surface area (Å²) in [4.78, 5) is 0. The van der Waals surface area contributed by atoms with Gasteiger partial charge in [-0.15, -0.1) is 0 Å². The second-order valence-electron chi connectivity index (χ2n) is 5.23. The Morgan fingerprint density at radius 1 is 1.42 bits per heavy atom. The number of rotatable bonds is 1.